The van der Waals surface area contributed by atoms with Gasteiger partial charge in [-0.2, -0.15) is 0 Å². The zero-order valence-corrected chi connectivity index (χ0v) is 12.0. The van der Waals surface area contributed by atoms with Gasteiger partial charge in [0.15, 0.2) is 0 Å². The van der Waals surface area contributed by atoms with Gasteiger partial charge < -0.3 is 4.90 Å². The maximum absolute atomic E-state index is 12.5. The first-order chi connectivity index (χ1) is 9.69. The fourth-order valence-corrected chi connectivity index (χ4v) is 2.75. The third-order valence-electron chi connectivity index (χ3n) is 3.86. The largest absolute Gasteiger partial charge is 0.304 e. The van der Waals surface area contributed by atoms with Gasteiger partial charge in [0.2, 0.25) is 0 Å². The average molecular weight is 265 g/mol. The number of hydrogen-bond donors (Lipinski definition) is 0. The van der Waals surface area contributed by atoms with Crippen molar-refractivity contribution in [3.05, 3.63) is 64.7 Å². The highest BCUT2D eigenvalue weighted by Crippen LogP contribution is 2.29. The second-order valence-electron chi connectivity index (χ2n) is 5.47. The maximum atomic E-state index is 12.5. The maximum Gasteiger partial charge on any atom is 0.258 e. The Kier molecular flexibility index (Phi) is 3.31. The molecular weight excluding hydrogens is 246 g/mol. The van der Waals surface area contributed by atoms with Crippen molar-refractivity contribution in [2.75, 3.05) is 4.90 Å². The topological polar surface area (TPSA) is 20.3 Å². The number of aryl methyl sites for hydroxylation is 2. The first-order valence-electron chi connectivity index (χ1n) is 7.19. The second kappa shape index (κ2) is 5.12. The van der Waals surface area contributed by atoms with Gasteiger partial charge in [-0.15, -0.1) is 0 Å². The molecule has 1 amide bonds. The fraction of sp³-hybridized carbons (Fsp3) is 0.278. The van der Waals surface area contributed by atoms with Crippen molar-refractivity contribution in [1.82, 2.24) is 0 Å². The van der Waals surface area contributed by atoms with E-state index in [1.807, 2.05) is 17.9 Å². The summed E-state index contributed by atoms with van der Waals surface area (Å²) in [5, 5.41) is 0. The van der Waals surface area contributed by atoms with Crippen LogP contribution in [0.2, 0.25) is 0 Å². The molecule has 0 N–H and O–H groups in total. The van der Waals surface area contributed by atoms with Crippen LogP contribution in [0.5, 0.6) is 0 Å². The van der Waals surface area contributed by atoms with Crippen molar-refractivity contribution >= 4 is 11.6 Å². The smallest absolute Gasteiger partial charge is 0.258 e. The van der Waals surface area contributed by atoms with E-state index in [0.29, 0.717) is 6.54 Å². The molecule has 2 nitrogen and oxygen atoms in total. The van der Waals surface area contributed by atoms with Gasteiger partial charge in [0.25, 0.3) is 5.91 Å². The van der Waals surface area contributed by atoms with Crippen LogP contribution < -0.4 is 4.90 Å². The number of fused-ring (bicyclic) bond motifs is 1. The van der Waals surface area contributed by atoms with Crippen LogP contribution in [0, 0.1) is 6.92 Å². The van der Waals surface area contributed by atoms with Gasteiger partial charge in [0.05, 0.1) is 6.54 Å². The van der Waals surface area contributed by atoms with Crippen molar-refractivity contribution in [2.24, 2.45) is 0 Å². The molecule has 0 atom stereocenters. The lowest BCUT2D eigenvalue weighted by Gasteiger charge is -2.16. The molecule has 1 aliphatic rings. The molecule has 3 rings (SSSR count). The molecule has 0 saturated heterocycles. The quantitative estimate of drug-likeness (QED) is 0.818. The number of amides is 1. The Morgan fingerprint density at radius 3 is 2.55 bits per heavy atom. The van der Waals surface area contributed by atoms with Crippen LogP contribution in [0.3, 0.4) is 0 Å². The highest BCUT2D eigenvalue weighted by atomic mass is 16.2. The predicted octanol–water partition coefficient (Wildman–Crippen LogP) is 4.11. The van der Waals surface area contributed by atoms with Crippen molar-refractivity contribution in [3.8, 4) is 0 Å². The Hall–Kier alpha value is -2.09. The SMILES string of the molecule is CCCc1ccc(N2Cc3ccc(C)cc3C2=O)cc1. The molecule has 0 bridgehead atoms. The van der Waals surface area contributed by atoms with E-state index < -0.39 is 0 Å². The highest BCUT2D eigenvalue weighted by molar-refractivity contribution is 6.10. The molecule has 1 aliphatic heterocycles. The number of anilines is 1. The summed E-state index contributed by atoms with van der Waals surface area (Å²) in [6, 6.07) is 14.5. The van der Waals surface area contributed by atoms with E-state index in [4.69, 9.17) is 0 Å². The minimum Gasteiger partial charge on any atom is -0.304 e. The third-order valence-corrected chi connectivity index (χ3v) is 3.86. The standard InChI is InChI=1S/C18H19NO/c1-3-4-14-6-9-16(10-7-14)19-12-15-8-5-13(2)11-17(15)18(19)20/h5-11H,3-4,12H2,1-2H3. The zero-order valence-electron chi connectivity index (χ0n) is 12.0. The van der Waals surface area contributed by atoms with Gasteiger partial charge in [0, 0.05) is 11.3 Å². The molecule has 102 valence electrons. The number of carbonyl (C=O) groups is 1. The third kappa shape index (κ3) is 2.22. The zero-order chi connectivity index (χ0) is 14.1. The minimum absolute atomic E-state index is 0.118. The van der Waals surface area contributed by atoms with E-state index >= 15 is 0 Å². The lowest BCUT2D eigenvalue weighted by atomic mass is 10.1. The molecule has 0 spiro atoms. The van der Waals surface area contributed by atoms with E-state index in [1.165, 1.54) is 5.56 Å². The summed E-state index contributed by atoms with van der Waals surface area (Å²) < 4.78 is 0. The molecule has 2 heteroatoms. The van der Waals surface area contributed by atoms with E-state index in [9.17, 15) is 4.79 Å². The van der Waals surface area contributed by atoms with Crippen molar-refractivity contribution in [1.29, 1.82) is 0 Å². The average Bonchev–Trinajstić information content (AvgIpc) is 2.77. The van der Waals surface area contributed by atoms with Crippen LogP contribution in [0.25, 0.3) is 0 Å². The molecule has 0 unspecified atom stereocenters. The lowest BCUT2D eigenvalue weighted by Crippen LogP contribution is -2.22. The first-order valence-corrected chi connectivity index (χ1v) is 7.19. The summed E-state index contributed by atoms with van der Waals surface area (Å²) in [7, 11) is 0. The monoisotopic (exact) mass is 265 g/mol. The Morgan fingerprint density at radius 1 is 1.10 bits per heavy atom. The van der Waals surface area contributed by atoms with E-state index in [1.54, 1.807) is 0 Å². The predicted molar refractivity (Wildman–Crippen MR) is 82.1 cm³/mol. The number of benzene rings is 2. The Bertz CT molecular complexity index is 643. The number of rotatable bonds is 3. The van der Waals surface area contributed by atoms with Crippen LogP contribution >= 0.6 is 0 Å². The van der Waals surface area contributed by atoms with Crippen LogP contribution in [-0.4, -0.2) is 5.91 Å². The normalized spacial score (nSPS) is 13.7. The number of nitrogens with zero attached hydrogens (tertiary/aromatic N) is 1. The molecule has 0 saturated carbocycles. The highest BCUT2D eigenvalue weighted by Gasteiger charge is 2.28. The van der Waals surface area contributed by atoms with E-state index in [0.717, 1.165) is 35.2 Å². The molecule has 0 fully saturated rings. The molecule has 2 aromatic rings. The van der Waals surface area contributed by atoms with Gasteiger partial charge in [-0.05, 0) is 42.7 Å². The molecule has 2 aromatic carbocycles. The minimum atomic E-state index is 0.118. The van der Waals surface area contributed by atoms with Crippen LogP contribution in [-0.2, 0) is 13.0 Å². The molecule has 20 heavy (non-hydrogen) atoms. The van der Waals surface area contributed by atoms with Crippen molar-refractivity contribution in [2.45, 2.75) is 33.2 Å². The summed E-state index contributed by atoms with van der Waals surface area (Å²) in [6.07, 6.45) is 2.24. The summed E-state index contributed by atoms with van der Waals surface area (Å²) in [5.41, 5.74) is 5.43. The molecule has 0 radical (unpaired) electrons. The van der Waals surface area contributed by atoms with Gasteiger partial charge in [-0.1, -0.05) is 43.2 Å². The van der Waals surface area contributed by atoms with Gasteiger partial charge in [-0.25, -0.2) is 0 Å². The number of carbonyl (C=O) groups excluding carboxylic acids is 1. The Morgan fingerprint density at radius 2 is 1.85 bits per heavy atom. The van der Waals surface area contributed by atoms with Gasteiger partial charge in [-0.3, -0.25) is 4.79 Å². The fourth-order valence-electron chi connectivity index (χ4n) is 2.75. The van der Waals surface area contributed by atoms with Gasteiger partial charge in [0.1, 0.15) is 0 Å². The van der Waals surface area contributed by atoms with Crippen molar-refractivity contribution < 1.29 is 4.79 Å². The second-order valence-corrected chi connectivity index (χ2v) is 5.47. The van der Waals surface area contributed by atoms with Crippen molar-refractivity contribution in [3.63, 3.8) is 0 Å². The molecular formula is C18H19NO. The molecule has 0 aromatic heterocycles. The Labute approximate surface area is 120 Å². The summed E-state index contributed by atoms with van der Waals surface area (Å²) in [5.74, 6) is 0.118. The van der Waals surface area contributed by atoms with Crippen LogP contribution in [0.1, 0.15) is 40.4 Å². The first kappa shape index (κ1) is 12.9. The lowest BCUT2D eigenvalue weighted by molar-refractivity contribution is 0.0996. The van der Waals surface area contributed by atoms with E-state index in [-0.39, 0.29) is 5.91 Å². The Balaban J connectivity index is 1.88. The van der Waals surface area contributed by atoms with E-state index in [2.05, 4.69) is 43.3 Å². The molecule has 1 heterocycles. The van der Waals surface area contributed by atoms with Crippen LogP contribution in [0.4, 0.5) is 5.69 Å². The summed E-state index contributed by atoms with van der Waals surface area (Å²) >= 11 is 0. The van der Waals surface area contributed by atoms with Crippen LogP contribution in [0.15, 0.2) is 42.5 Å². The van der Waals surface area contributed by atoms with Gasteiger partial charge >= 0.3 is 0 Å². The summed E-state index contributed by atoms with van der Waals surface area (Å²) in [4.78, 5) is 14.3. The molecule has 0 aliphatic carbocycles. The number of hydrogen-bond acceptors (Lipinski definition) is 1. The summed E-state index contributed by atoms with van der Waals surface area (Å²) in [6.45, 7) is 4.88.